The van der Waals surface area contributed by atoms with Gasteiger partial charge in [0.05, 0.1) is 55.1 Å². The lowest BCUT2D eigenvalue weighted by Crippen LogP contribution is -2.65. The predicted molar refractivity (Wildman–Crippen MR) is 336 cm³/mol. The molecule has 12 atom stereocenters. The number of piperidine rings is 2. The average molecular weight is 1200 g/mol. The number of carboxylic acids is 1. The van der Waals surface area contributed by atoms with Crippen molar-refractivity contribution >= 4 is 38.3 Å². The number of amides is 3. The highest BCUT2D eigenvalue weighted by Gasteiger charge is 2.70. The van der Waals surface area contributed by atoms with Gasteiger partial charge in [0, 0.05) is 31.5 Å². The van der Waals surface area contributed by atoms with Crippen LogP contribution in [0.25, 0.3) is 4.85 Å². The molecule has 10 aliphatic rings. The largest absolute Gasteiger partial charge is 0.482 e. The van der Waals surface area contributed by atoms with E-state index in [2.05, 4.69) is 125 Å². The van der Waals surface area contributed by atoms with Crippen LogP contribution in [0.3, 0.4) is 0 Å². The summed E-state index contributed by atoms with van der Waals surface area (Å²) in [4.78, 5) is 54.6. The third kappa shape index (κ3) is 16.2. The number of alkyl carbamates (subject to hydrolysis) is 2. The summed E-state index contributed by atoms with van der Waals surface area (Å²) in [6.07, 6.45) is 11.9. The zero-order valence-corrected chi connectivity index (χ0v) is 54.4. The van der Waals surface area contributed by atoms with Crippen molar-refractivity contribution in [2.45, 2.75) is 196 Å². The average Bonchev–Trinajstić information content (AvgIpc) is 1.68. The molecule has 4 heterocycles. The zero-order chi connectivity index (χ0) is 63.4. The number of nitrogens with one attached hydrogen (secondary N) is 3. The van der Waals surface area contributed by atoms with Crippen LogP contribution in [0, 0.1) is 88.9 Å². The molecule has 4 saturated heterocycles. The molecular formula is C68H98B2N6O11. The fraction of sp³-hybridized carbons (Fsp3) is 0.676. The van der Waals surface area contributed by atoms with Crippen LogP contribution in [0.2, 0.25) is 0 Å². The fourth-order valence-corrected chi connectivity index (χ4v) is 15.0. The molecule has 0 aromatic heterocycles. The van der Waals surface area contributed by atoms with Gasteiger partial charge in [0.2, 0.25) is 5.70 Å². The van der Waals surface area contributed by atoms with Gasteiger partial charge >= 0.3 is 32.4 Å². The van der Waals surface area contributed by atoms with Gasteiger partial charge in [0.25, 0.3) is 5.91 Å². The van der Waals surface area contributed by atoms with Crippen LogP contribution in [0.4, 0.5) is 9.59 Å². The van der Waals surface area contributed by atoms with Gasteiger partial charge in [-0.15, -0.1) is 0 Å². The molecule has 3 amide bonds. The van der Waals surface area contributed by atoms with Gasteiger partial charge in [-0.1, -0.05) is 141 Å². The molecule has 0 unspecified atom stereocenters. The molecule has 4 bridgehead atoms. The first-order valence-corrected chi connectivity index (χ1v) is 31.9. The van der Waals surface area contributed by atoms with Crippen molar-refractivity contribution in [3.05, 3.63) is 106 Å². The Bertz CT molecular complexity index is 2920. The maximum Gasteiger partial charge on any atom is 0.482 e. The smallest absolute Gasteiger partial charge is 0.477 e. The first kappa shape index (κ1) is 67.2. The molecule has 0 radical (unpaired) electrons. The molecule has 17 nitrogen and oxygen atoms in total. The highest BCUT2D eigenvalue weighted by Crippen LogP contribution is 2.67. The standard InChI is InChI=1S/C34H48BN3O5.C26H39BN2O4.C8H11NO2/c1-22-11-13-23(14-12-22)16-29(35-42-28-18-25-17-27(33(25,5)6)34(28,7)43-35)37-31(40)41-21-24-10-9-15-38(20-24)30(39)26(36-8)19-32(2,3)4;1-17-7-9-18(10-8-17)12-23(29-24(30)31-16-19-6-5-11-28-15-19)27-32-22-14-20-13-21(25(20,2)3)26(22,4)33-27;1-8(2,3)4-6(5-9)7(10)11/h11-14,19,24-25,27-29H,9-10,15-18,20-21H2,1-7H3,(H,37,40);7-10,19-23,28H,5-6,11-16H2,1-4H3,(H,29,30);4H,1-3H3,(H,10,11)/t24-,25-,27-,28+,29-,34-;19-,20-,21-,22+,23-,26-;/m00./s1. The number of hydrogen-bond acceptors (Lipinski definition) is 12. The van der Waals surface area contributed by atoms with Gasteiger partial charge in [0.15, 0.2) is 0 Å². The van der Waals surface area contributed by atoms with E-state index in [0.29, 0.717) is 62.1 Å². The number of aliphatic carboxylic acids is 1. The molecule has 0 spiro atoms. The van der Waals surface area contributed by atoms with E-state index in [1.807, 2.05) is 41.5 Å². The molecule has 4 aliphatic heterocycles. The minimum Gasteiger partial charge on any atom is -0.477 e. The van der Waals surface area contributed by atoms with Crippen LogP contribution in [0.5, 0.6) is 0 Å². The van der Waals surface area contributed by atoms with E-state index in [1.165, 1.54) is 30.0 Å². The topological polar surface area (TPSA) is 211 Å². The van der Waals surface area contributed by atoms with Crippen molar-refractivity contribution in [1.29, 1.82) is 5.26 Å². The Morgan fingerprint density at radius 1 is 0.747 bits per heavy atom. The van der Waals surface area contributed by atoms with Gasteiger partial charge in [-0.3, -0.25) is 4.79 Å². The molecule has 10 fully saturated rings. The summed E-state index contributed by atoms with van der Waals surface area (Å²) in [5, 5.41) is 26.4. The summed E-state index contributed by atoms with van der Waals surface area (Å²) in [5.41, 5.74) is 3.92. The molecule has 6 aliphatic carbocycles. The van der Waals surface area contributed by atoms with Gasteiger partial charge in [0.1, 0.15) is 11.6 Å². The molecule has 2 aromatic rings. The summed E-state index contributed by atoms with van der Waals surface area (Å²) >= 11 is 0. The summed E-state index contributed by atoms with van der Waals surface area (Å²) < 4.78 is 37.9. The first-order valence-electron chi connectivity index (χ1n) is 31.9. The van der Waals surface area contributed by atoms with Crippen molar-refractivity contribution in [2.24, 2.45) is 57.2 Å². The zero-order valence-electron chi connectivity index (χ0n) is 54.4. The Morgan fingerprint density at radius 3 is 1.60 bits per heavy atom. The normalized spacial score (nSPS) is 30.0. The minimum atomic E-state index is -1.16. The van der Waals surface area contributed by atoms with Crippen LogP contribution < -0.4 is 16.0 Å². The SMILES string of the molecule is CC(C)(C)C=C(C#N)C(=O)O.Cc1ccc(C[C@H](NC(=O)OC[C@H]2CCCNC2)B2O[C@@H]3C[C@@H]4C[C@@H](C4(C)C)[C@]3(C)O2)cc1.[C-]#[N+]C(=CC(C)(C)C)C(=O)N1CCC[C@H](COC(=O)N[C@@H](Cc2ccc(C)cc2)B2O[C@@H]3C[C@@H]4C[C@@H](C4(C)C)[C@]3(C)O2)C1. The number of allylic oxidation sites excluding steroid dienone is 2. The molecule has 4 N–H and O–H groups in total. The highest BCUT2D eigenvalue weighted by molar-refractivity contribution is 6.48. The van der Waals surface area contributed by atoms with Gasteiger partial charge in [-0.05, 0) is 155 Å². The summed E-state index contributed by atoms with van der Waals surface area (Å²) in [5.74, 6) is 0.530. The van der Waals surface area contributed by atoms with Crippen molar-refractivity contribution < 1.29 is 52.4 Å². The van der Waals surface area contributed by atoms with Crippen molar-refractivity contribution in [3.63, 3.8) is 0 Å². The number of ether oxygens (including phenoxy) is 2. The first-order chi connectivity index (χ1) is 40.8. The molecule has 19 heteroatoms. The molecule has 12 rings (SSSR count). The van der Waals surface area contributed by atoms with E-state index < -0.39 is 32.2 Å². The molecular weight excluding hydrogens is 1100 g/mol. The quantitative estimate of drug-likeness (QED) is 0.0601. The summed E-state index contributed by atoms with van der Waals surface area (Å²) in [6.45, 7) is 40.6. The maximum atomic E-state index is 13.2. The monoisotopic (exact) mass is 1200 g/mol. The third-order valence-corrected chi connectivity index (χ3v) is 20.3. The number of rotatable bonds is 14. The fourth-order valence-electron chi connectivity index (χ4n) is 15.0. The van der Waals surface area contributed by atoms with Crippen LogP contribution in [-0.2, 0) is 50.5 Å². The van der Waals surface area contributed by atoms with E-state index in [-0.39, 0.29) is 86.8 Å². The second-order valence-electron chi connectivity index (χ2n) is 30.1. The molecule has 472 valence electrons. The van der Waals surface area contributed by atoms with E-state index in [9.17, 15) is 19.2 Å². The Kier molecular flexibility index (Phi) is 21.0. The predicted octanol–water partition coefficient (Wildman–Crippen LogP) is 11.5. The lowest BCUT2D eigenvalue weighted by molar-refractivity contribution is -0.199. The van der Waals surface area contributed by atoms with Crippen LogP contribution in [-0.4, -0.2) is 123 Å². The number of carbonyl (C=O) groups is 4. The Morgan fingerprint density at radius 2 is 1.21 bits per heavy atom. The highest BCUT2D eigenvalue weighted by atomic mass is 16.7. The Balaban J connectivity index is 0.000000197. The minimum absolute atomic E-state index is 0.00964. The molecule has 2 aromatic carbocycles. The van der Waals surface area contributed by atoms with Crippen LogP contribution >= 0.6 is 0 Å². The third-order valence-electron chi connectivity index (χ3n) is 20.3. The van der Waals surface area contributed by atoms with E-state index in [1.54, 1.807) is 17.0 Å². The summed E-state index contributed by atoms with van der Waals surface area (Å²) in [7, 11) is -1.04. The number of aryl methyl sites for hydroxylation is 2. The van der Waals surface area contributed by atoms with E-state index in [0.717, 1.165) is 62.7 Å². The summed E-state index contributed by atoms with van der Waals surface area (Å²) in [6, 6.07) is 18.4. The second-order valence-corrected chi connectivity index (χ2v) is 30.1. The van der Waals surface area contributed by atoms with Crippen molar-refractivity contribution in [1.82, 2.24) is 20.9 Å². The van der Waals surface area contributed by atoms with Crippen LogP contribution in [0.15, 0.2) is 72.0 Å². The van der Waals surface area contributed by atoms with Crippen molar-refractivity contribution in [2.75, 3.05) is 39.4 Å². The number of likely N-dealkylation sites (tertiary alicyclic amines) is 1. The maximum absolute atomic E-state index is 13.2. The second kappa shape index (κ2) is 27.2. The van der Waals surface area contributed by atoms with Gasteiger partial charge in [-0.2, -0.15) is 5.26 Å². The number of nitrogens with zero attached hydrogens (tertiary/aromatic N) is 3. The number of nitriles is 1. The number of carbonyl (C=O) groups excluding carboxylic acids is 3. The van der Waals surface area contributed by atoms with Crippen molar-refractivity contribution in [3.8, 4) is 6.07 Å². The van der Waals surface area contributed by atoms with Gasteiger partial charge < -0.3 is 54.0 Å². The van der Waals surface area contributed by atoms with Crippen LogP contribution in [0.1, 0.15) is 157 Å². The molecule has 6 saturated carbocycles. The lowest BCUT2D eigenvalue weighted by Gasteiger charge is -2.64. The lowest BCUT2D eigenvalue weighted by atomic mass is 9.43. The number of carboxylic acid groups (broad SMARTS) is 1. The number of benzene rings is 2. The Labute approximate surface area is 519 Å². The van der Waals surface area contributed by atoms with Gasteiger partial charge in [-0.25, -0.2) is 19.2 Å². The molecule has 87 heavy (non-hydrogen) atoms. The van der Waals surface area contributed by atoms with E-state index >= 15 is 0 Å². The number of hydrogen-bond donors (Lipinski definition) is 4. The van der Waals surface area contributed by atoms with E-state index in [4.69, 9.17) is 45.0 Å². The Hall–Kier alpha value is -5.69.